The minimum atomic E-state index is -1.15. The Morgan fingerprint density at radius 1 is 0.970 bits per heavy atom. The Morgan fingerprint density at radius 2 is 1.67 bits per heavy atom. The average molecular weight is 452 g/mol. The third-order valence-electron chi connectivity index (χ3n) is 5.71. The number of carbonyl (C=O) groups excluding carboxylic acids is 1. The Hall–Kier alpha value is -4.14. The normalized spacial score (nSPS) is 14.8. The molecule has 0 spiro atoms. The minimum Gasteiger partial charge on any atom is -0.497 e. The lowest BCUT2D eigenvalue weighted by Crippen LogP contribution is -2.25. The Morgan fingerprint density at radius 3 is 2.30 bits per heavy atom. The van der Waals surface area contributed by atoms with E-state index in [0.29, 0.717) is 34.4 Å². The number of aromatic nitrogens is 1. The Balaban J connectivity index is 1.99. The SMILES string of the molecule is COc1ccc(OC)c(-n2cc(C(=O)O)c3c2[C@@H](c2ccc(OC)c(OC)c2)CC(=O)N3)c1. The monoisotopic (exact) mass is 452 g/mol. The van der Waals surface area contributed by atoms with Gasteiger partial charge in [0.05, 0.1) is 45.5 Å². The summed E-state index contributed by atoms with van der Waals surface area (Å²) in [5, 5.41) is 12.6. The van der Waals surface area contributed by atoms with Crippen LogP contribution in [0.25, 0.3) is 5.69 Å². The van der Waals surface area contributed by atoms with Gasteiger partial charge >= 0.3 is 5.97 Å². The third-order valence-corrected chi connectivity index (χ3v) is 5.71. The highest BCUT2D eigenvalue weighted by Gasteiger charge is 2.35. The number of rotatable bonds is 7. The molecular formula is C24H24N2O7. The molecule has 1 amide bonds. The number of amides is 1. The number of aromatic carboxylic acids is 1. The molecule has 1 aromatic heterocycles. The third kappa shape index (κ3) is 3.82. The Kier molecular flexibility index (Phi) is 5.87. The summed E-state index contributed by atoms with van der Waals surface area (Å²) < 4.78 is 23.4. The van der Waals surface area contributed by atoms with Crippen LogP contribution in [0.4, 0.5) is 5.69 Å². The van der Waals surface area contributed by atoms with Crippen LogP contribution in [0.2, 0.25) is 0 Å². The van der Waals surface area contributed by atoms with Gasteiger partial charge in [0, 0.05) is 24.6 Å². The quantitative estimate of drug-likeness (QED) is 0.563. The van der Waals surface area contributed by atoms with Crippen molar-refractivity contribution in [2.75, 3.05) is 33.8 Å². The number of methoxy groups -OCH3 is 4. The molecule has 2 N–H and O–H groups in total. The van der Waals surface area contributed by atoms with Gasteiger partial charge in [0.1, 0.15) is 17.1 Å². The molecule has 9 nitrogen and oxygen atoms in total. The zero-order chi connectivity index (χ0) is 23.7. The Bertz CT molecular complexity index is 1230. The zero-order valence-electron chi connectivity index (χ0n) is 18.7. The lowest BCUT2D eigenvalue weighted by Gasteiger charge is -2.27. The van der Waals surface area contributed by atoms with Crippen LogP contribution in [-0.2, 0) is 4.79 Å². The van der Waals surface area contributed by atoms with E-state index in [-0.39, 0.29) is 23.6 Å². The summed E-state index contributed by atoms with van der Waals surface area (Å²) in [6.45, 7) is 0. The predicted octanol–water partition coefficient (Wildman–Crippen LogP) is 3.68. The topological polar surface area (TPSA) is 108 Å². The van der Waals surface area contributed by atoms with Crippen molar-refractivity contribution in [3.05, 3.63) is 59.4 Å². The second-order valence-corrected chi connectivity index (χ2v) is 7.44. The number of fused-ring (bicyclic) bond motifs is 1. The highest BCUT2D eigenvalue weighted by molar-refractivity contribution is 6.04. The van der Waals surface area contributed by atoms with Crippen LogP contribution in [0.5, 0.6) is 23.0 Å². The van der Waals surface area contributed by atoms with E-state index < -0.39 is 11.9 Å². The molecule has 2 aromatic carbocycles. The van der Waals surface area contributed by atoms with Crippen LogP contribution >= 0.6 is 0 Å². The number of carboxylic acids is 1. The van der Waals surface area contributed by atoms with Crippen LogP contribution in [-0.4, -0.2) is 50.0 Å². The smallest absolute Gasteiger partial charge is 0.339 e. The lowest BCUT2D eigenvalue weighted by molar-refractivity contribution is -0.116. The van der Waals surface area contributed by atoms with E-state index in [0.717, 1.165) is 5.56 Å². The van der Waals surface area contributed by atoms with Gasteiger partial charge in [0.25, 0.3) is 0 Å². The van der Waals surface area contributed by atoms with Crippen LogP contribution in [0, 0.1) is 0 Å². The molecule has 33 heavy (non-hydrogen) atoms. The van der Waals surface area contributed by atoms with Crippen LogP contribution in [0.1, 0.15) is 34.0 Å². The van der Waals surface area contributed by atoms with E-state index >= 15 is 0 Å². The van der Waals surface area contributed by atoms with Crippen LogP contribution < -0.4 is 24.3 Å². The maximum Gasteiger partial charge on any atom is 0.339 e. The average Bonchev–Trinajstić information content (AvgIpc) is 3.22. The molecule has 9 heteroatoms. The number of benzene rings is 2. The summed E-state index contributed by atoms with van der Waals surface area (Å²) in [7, 11) is 6.16. The first-order valence-corrected chi connectivity index (χ1v) is 10.1. The van der Waals surface area contributed by atoms with Crippen molar-refractivity contribution in [1.82, 2.24) is 4.57 Å². The molecule has 1 aliphatic heterocycles. The fourth-order valence-corrected chi connectivity index (χ4v) is 4.16. The van der Waals surface area contributed by atoms with Gasteiger partial charge in [-0.15, -0.1) is 0 Å². The van der Waals surface area contributed by atoms with Gasteiger partial charge < -0.3 is 33.9 Å². The highest BCUT2D eigenvalue weighted by Crippen LogP contribution is 2.44. The molecule has 4 rings (SSSR count). The second kappa shape index (κ2) is 8.78. The molecule has 0 bridgehead atoms. The van der Waals surface area contributed by atoms with Gasteiger partial charge in [-0.2, -0.15) is 0 Å². The van der Waals surface area contributed by atoms with E-state index in [1.54, 1.807) is 49.1 Å². The van der Waals surface area contributed by atoms with E-state index in [4.69, 9.17) is 18.9 Å². The molecule has 0 fully saturated rings. The number of nitrogens with one attached hydrogen (secondary N) is 1. The molecule has 0 radical (unpaired) electrons. The van der Waals surface area contributed by atoms with E-state index in [2.05, 4.69) is 5.32 Å². The number of hydrogen-bond acceptors (Lipinski definition) is 6. The summed E-state index contributed by atoms with van der Waals surface area (Å²) in [6, 6.07) is 10.7. The lowest BCUT2D eigenvalue weighted by atomic mass is 9.88. The molecule has 2 heterocycles. The second-order valence-electron chi connectivity index (χ2n) is 7.44. The molecule has 0 unspecified atom stereocenters. The number of ether oxygens (including phenoxy) is 4. The maximum absolute atomic E-state index is 12.6. The molecule has 0 aliphatic carbocycles. The number of nitrogens with zero attached hydrogens (tertiary/aromatic N) is 1. The van der Waals surface area contributed by atoms with Crippen LogP contribution in [0.3, 0.4) is 0 Å². The fraction of sp³-hybridized carbons (Fsp3) is 0.250. The molecule has 3 aromatic rings. The van der Waals surface area contributed by atoms with E-state index in [1.807, 2.05) is 6.07 Å². The van der Waals surface area contributed by atoms with Crippen LogP contribution in [0.15, 0.2) is 42.6 Å². The van der Waals surface area contributed by atoms with Crippen molar-refractivity contribution in [2.24, 2.45) is 0 Å². The summed E-state index contributed by atoms with van der Waals surface area (Å²) in [6.07, 6.45) is 1.61. The van der Waals surface area contributed by atoms with E-state index in [9.17, 15) is 14.7 Å². The maximum atomic E-state index is 12.6. The van der Waals surface area contributed by atoms with Crippen molar-refractivity contribution < 1.29 is 33.6 Å². The van der Waals surface area contributed by atoms with Crippen molar-refractivity contribution in [1.29, 1.82) is 0 Å². The highest BCUT2D eigenvalue weighted by atomic mass is 16.5. The minimum absolute atomic E-state index is 0.0200. The van der Waals surface area contributed by atoms with Gasteiger partial charge in [-0.25, -0.2) is 4.79 Å². The molecule has 0 saturated carbocycles. The van der Waals surface area contributed by atoms with E-state index in [1.165, 1.54) is 20.4 Å². The standard InChI is InChI=1S/C24H24N2O7/c1-30-14-6-8-18(31-2)17(10-14)26-12-16(24(28)29)22-23(26)15(11-21(27)25-22)13-5-7-19(32-3)20(9-13)33-4/h5-10,12,15H,11H2,1-4H3,(H,25,27)(H,28,29)/t15-/m1/s1. The number of hydrogen-bond donors (Lipinski definition) is 2. The van der Waals surface area contributed by atoms with Crippen molar-refractivity contribution >= 4 is 17.6 Å². The summed E-state index contributed by atoms with van der Waals surface area (Å²) in [4.78, 5) is 24.7. The Labute approximate surface area is 190 Å². The number of carboxylic acid groups (broad SMARTS) is 1. The van der Waals surface area contributed by atoms with Crippen molar-refractivity contribution in [3.8, 4) is 28.7 Å². The molecule has 172 valence electrons. The first kappa shape index (κ1) is 22.1. The summed E-state index contributed by atoms with van der Waals surface area (Å²) >= 11 is 0. The predicted molar refractivity (Wildman–Crippen MR) is 120 cm³/mol. The summed E-state index contributed by atoms with van der Waals surface area (Å²) in [5.41, 5.74) is 2.21. The number of carbonyl (C=O) groups is 2. The van der Waals surface area contributed by atoms with Gasteiger partial charge in [0.2, 0.25) is 5.91 Å². The first-order chi connectivity index (χ1) is 15.9. The first-order valence-electron chi connectivity index (χ1n) is 10.1. The molecule has 1 aliphatic rings. The molecule has 0 saturated heterocycles. The number of anilines is 1. The van der Waals surface area contributed by atoms with Gasteiger partial charge in [-0.1, -0.05) is 6.07 Å². The van der Waals surface area contributed by atoms with Gasteiger partial charge in [0.15, 0.2) is 11.5 Å². The largest absolute Gasteiger partial charge is 0.497 e. The molecule has 1 atom stereocenters. The van der Waals surface area contributed by atoms with Crippen molar-refractivity contribution in [2.45, 2.75) is 12.3 Å². The van der Waals surface area contributed by atoms with Crippen molar-refractivity contribution in [3.63, 3.8) is 0 Å². The van der Waals surface area contributed by atoms with Gasteiger partial charge in [-0.3, -0.25) is 4.79 Å². The molecular weight excluding hydrogens is 428 g/mol. The van der Waals surface area contributed by atoms with Gasteiger partial charge in [-0.05, 0) is 29.8 Å². The fourth-order valence-electron chi connectivity index (χ4n) is 4.16. The zero-order valence-corrected chi connectivity index (χ0v) is 18.7. The summed E-state index contributed by atoms with van der Waals surface area (Å²) in [5.74, 6) is 0.287.